The number of β-lactam (4-membered cyclic amide) rings is 1. The van der Waals surface area contributed by atoms with Gasteiger partial charge in [-0.25, -0.2) is 9.48 Å². The number of nitrogens with zero attached hydrogens (tertiary/aromatic N) is 5. The predicted molar refractivity (Wildman–Crippen MR) is 99.6 cm³/mol. The average Bonchev–Trinajstić information content (AvgIpc) is 3.08. The summed E-state index contributed by atoms with van der Waals surface area (Å²) in [4.78, 5) is 48.5. The number of ketones is 1. The molecule has 1 aromatic rings. The molecule has 2 aliphatic heterocycles. The van der Waals surface area contributed by atoms with Crippen molar-refractivity contribution in [3.63, 3.8) is 0 Å². The molecule has 1 aromatic heterocycles. The lowest BCUT2D eigenvalue weighted by molar-refractivity contribution is -0.150. The van der Waals surface area contributed by atoms with E-state index in [4.69, 9.17) is 11.6 Å². The molecule has 3 heterocycles. The molecule has 1 fully saturated rings. The summed E-state index contributed by atoms with van der Waals surface area (Å²) in [6, 6.07) is -0.868. The van der Waals surface area contributed by atoms with E-state index in [1.165, 1.54) is 33.1 Å². The Morgan fingerprint density at radius 1 is 1.43 bits per heavy atom. The Bertz CT molecular complexity index is 874. The SMILES string of the molecule is Cn1nnnc1SCC1=C(C(=O)O)N2C(=O)C(NC(=O)CC(=O)CCl)[C@H]2SC1. The number of aliphatic carboxylic acids is 1. The van der Waals surface area contributed by atoms with E-state index in [9.17, 15) is 24.3 Å². The third kappa shape index (κ3) is 4.00. The lowest BCUT2D eigenvalue weighted by Gasteiger charge is -2.49. The number of aryl methyl sites for hydroxylation is 1. The van der Waals surface area contributed by atoms with Crippen LogP contribution in [0.5, 0.6) is 0 Å². The Morgan fingerprint density at radius 3 is 2.79 bits per heavy atom. The number of fused-ring (bicyclic) bond motifs is 1. The number of carboxylic acid groups (broad SMARTS) is 1. The molecule has 28 heavy (non-hydrogen) atoms. The zero-order valence-corrected chi connectivity index (χ0v) is 16.9. The first-order valence-electron chi connectivity index (χ1n) is 7.95. The first-order valence-corrected chi connectivity index (χ1v) is 10.5. The Hall–Kier alpha value is -2.12. The average molecular weight is 447 g/mol. The Kier molecular flexibility index (Phi) is 6.25. The monoisotopic (exact) mass is 446 g/mol. The zero-order chi connectivity index (χ0) is 20.4. The number of thioether (sulfide) groups is 2. The molecule has 11 nitrogen and oxygen atoms in total. The van der Waals surface area contributed by atoms with Gasteiger partial charge in [-0.3, -0.25) is 19.3 Å². The van der Waals surface area contributed by atoms with Crippen LogP contribution in [0.3, 0.4) is 0 Å². The van der Waals surface area contributed by atoms with Crippen LogP contribution < -0.4 is 5.32 Å². The molecule has 0 saturated carbocycles. The fourth-order valence-electron chi connectivity index (χ4n) is 2.74. The molecule has 14 heteroatoms. The van der Waals surface area contributed by atoms with Crippen molar-refractivity contribution in [3.05, 3.63) is 11.3 Å². The van der Waals surface area contributed by atoms with E-state index in [-0.39, 0.29) is 11.6 Å². The lowest BCUT2D eigenvalue weighted by Crippen LogP contribution is -2.70. The molecule has 0 bridgehead atoms. The fourth-order valence-corrected chi connectivity index (χ4v) is 5.17. The maximum Gasteiger partial charge on any atom is 0.352 e. The topological polar surface area (TPSA) is 147 Å². The van der Waals surface area contributed by atoms with Gasteiger partial charge in [0.05, 0.1) is 12.3 Å². The number of carboxylic acids is 1. The number of tetrazole rings is 1. The van der Waals surface area contributed by atoms with Crippen LogP contribution in [0.4, 0.5) is 0 Å². The summed E-state index contributed by atoms with van der Waals surface area (Å²) in [5.41, 5.74) is 0.482. The Balaban J connectivity index is 1.71. The van der Waals surface area contributed by atoms with Crippen LogP contribution in [0.25, 0.3) is 0 Å². The quantitative estimate of drug-likeness (QED) is 0.226. The summed E-state index contributed by atoms with van der Waals surface area (Å²) < 4.78 is 1.47. The van der Waals surface area contributed by atoms with Gasteiger partial charge in [-0.1, -0.05) is 11.8 Å². The highest BCUT2D eigenvalue weighted by atomic mass is 35.5. The van der Waals surface area contributed by atoms with Gasteiger partial charge in [-0.15, -0.1) is 28.5 Å². The van der Waals surface area contributed by atoms with E-state index in [1.807, 2.05) is 0 Å². The highest BCUT2D eigenvalue weighted by Crippen LogP contribution is 2.41. The van der Waals surface area contributed by atoms with Crippen LogP contribution in [0.2, 0.25) is 0 Å². The molecule has 1 unspecified atom stereocenters. The molecule has 0 radical (unpaired) electrons. The minimum atomic E-state index is -1.22. The minimum Gasteiger partial charge on any atom is -0.477 e. The van der Waals surface area contributed by atoms with Crippen molar-refractivity contribution in [2.24, 2.45) is 7.05 Å². The van der Waals surface area contributed by atoms with Crippen LogP contribution in [0.15, 0.2) is 16.4 Å². The summed E-state index contributed by atoms with van der Waals surface area (Å²) in [7, 11) is 1.67. The number of nitrogens with one attached hydrogen (secondary N) is 1. The molecule has 2 amide bonds. The normalized spacial score (nSPS) is 21.2. The van der Waals surface area contributed by atoms with Gasteiger partial charge in [0.1, 0.15) is 17.1 Å². The standard InChI is InChI=1S/C14H15ClN6O5S2/c1-20-14(17-18-19-20)28-5-6-4-27-12-9(16-8(23)2-7(22)3-15)11(24)21(12)10(6)13(25)26/h9,12H,2-5H2,1H3,(H,16,23)(H,25,26)/t9?,12-/m1/s1. The van der Waals surface area contributed by atoms with Crippen LogP contribution in [-0.2, 0) is 26.2 Å². The van der Waals surface area contributed by atoms with Crippen molar-refractivity contribution >= 4 is 58.7 Å². The second-order valence-corrected chi connectivity index (χ2v) is 8.25. The molecule has 2 atom stereocenters. The summed E-state index contributed by atoms with van der Waals surface area (Å²) in [5.74, 6) is -2.41. The summed E-state index contributed by atoms with van der Waals surface area (Å²) in [6.07, 6.45) is -0.417. The first-order chi connectivity index (χ1) is 13.3. The smallest absolute Gasteiger partial charge is 0.352 e. The van der Waals surface area contributed by atoms with Gasteiger partial charge in [-0.2, -0.15) is 0 Å². The van der Waals surface area contributed by atoms with Crippen LogP contribution in [-0.4, -0.2) is 82.6 Å². The molecule has 2 aliphatic rings. The van der Waals surface area contributed by atoms with E-state index in [0.29, 0.717) is 22.2 Å². The van der Waals surface area contributed by atoms with Crippen molar-refractivity contribution in [2.75, 3.05) is 17.4 Å². The van der Waals surface area contributed by atoms with Gasteiger partial charge in [0, 0.05) is 18.6 Å². The maximum atomic E-state index is 12.5. The highest BCUT2D eigenvalue weighted by molar-refractivity contribution is 8.01. The summed E-state index contributed by atoms with van der Waals surface area (Å²) >= 11 is 7.98. The fraction of sp³-hybridized carbons (Fsp3) is 0.500. The van der Waals surface area contributed by atoms with Gasteiger partial charge in [0.15, 0.2) is 5.78 Å². The number of halogens is 1. The largest absolute Gasteiger partial charge is 0.477 e. The number of alkyl halides is 1. The number of carbonyl (C=O) groups excluding carboxylic acids is 3. The van der Waals surface area contributed by atoms with E-state index < -0.39 is 41.4 Å². The molecule has 0 aromatic carbocycles. The van der Waals surface area contributed by atoms with Gasteiger partial charge in [0.25, 0.3) is 5.91 Å². The van der Waals surface area contributed by atoms with Crippen molar-refractivity contribution in [1.29, 1.82) is 0 Å². The second kappa shape index (κ2) is 8.49. The van der Waals surface area contributed by atoms with Crippen molar-refractivity contribution < 1.29 is 24.3 Å². The molecule has 0 spiro atoms. The molecule has 150 valence electrons. The minimum absolute atomic E-state index is 0.0845. The van der Waals surface area contributed by atoms with Gasteiger partial charge in [0.2, 0.25) is 11.1 Å². The Labute approximate surface area is 172 Å². The number of hydrogen-bond donors (Lipinski definition) is 2. The number of hydrogen-bond acceptors (Lipinski definition) is 9. The van der Waals surface area contributed by atoms with Gasteiger partial charge < -0.3 is 10.4 Å². The Morgan fingerprint density at radius 2 is 2.18 bits per heavy atom. The first kappa shape index (κ1) is 20.6. The van der Waals surface area contributed by atoms with Crippen LogP contribution in [0.1, 0.15) is 6.42 Å². The van der Waals surface area contributed by atoms with Crippen LogP contribution >= 0.6 is 35.1 Å². The van der Waals surface area contributed by atoms with Crippen molar-refractivity contribution in [3.8, 4) is 0 Å². The van der Waals surface area contributed by atoms with E-state index >= 15 is 0 Å². The molecular weight excluding hydrogens is 432 g/mol. The number of amides is 2. The zero-order valence-electron chi connectivity index (χ0n) is 14.5. The van der Waals surface area contributed by atoms with E-state index in [0.717, 1.165) is 0 Å². The molecule has 3 rings (SSSR count). The van der Waals surface area contributed by atoms with Crippen LogP contribution in [0, 0.1) is 0 Å². The van der Waals surface area contributed by atoms with Gasteiger partial charge >= 0.3 is 5.97 Å². The molecule has 2 N–H and O–H groups in total. The third-order valence-electron chi connectivity index (χ3n) is 4.03. The molecule has 0 aliphatic carbocycles. The summed E-state index contributed by atoms with van der Waals surface area (Å²) in [6.45, 7) is 0. The third-order valence-corrected chi connectivity index (χ3v) is 6.76. The summed E-state index contributed by atoms with van der Waals surface area (Å²) in [5, 5.41) is 23.2. The lowest BCUT2D eigenvalue weighted by atomic mass is 10.0. The highest BCUT2D eigenvalue weighted by Gasteiger charge is 2.54. The van der Waals surface area contributed by atoms with Crippen molar-refractivity contribution in [2.45, 2.75) is 23.0 Å². The maximum absolute atomic E-state index is 12.5. The molecule has 1 saturated heterocycles. The van der Waals surface area contributed by atoms with Gasteiger partial charge in [-0.05, 0) is 16.0 Å². The van der Waals surface area contributed by atoms with E-state index in [2.05, 4.69) is 20.8 Å². The predicted octanol–water partition coefficient (Wildman–Crippen LogP) is -0.761. The number of aromatic nitrogens is 4. The number of carbonyl (C=O) groups is 4. The second-order valence-electron chi connectivity index (χ2n) is 5.94. The number of Topliss-reactive ketones (excluding diaryl/α,β-unsaturated/α-hetero) is 1. The van der Waals surface area contributed by atoms with E-state index in [1.54, 1.807) is 7.05 Å². The molecular formula is C14H15ClN6O5S2. The van der Waals surface area contributed by atoms with Crippen molar-refractivity contribution in [1.82, 2.24) is 30.4 Å². The number of rotatable bonds is 8.